The molecule has 0 fully saturated rings. The van der Waals surface area contributed by atoms with Crippen LogP contribution in [-0.2, 0) is 30.4 Å². The Morgan fingerprint density at radius 1 is 1.23 bits per heavy atom. The van der Waals surface area contributed by atoms with E-state index in [0.29, 0.717) is 12.8 Å². The Hall–Kier alpha value is -3.08. The van der Waals surface area contributed by atoms with Crippen molar-refractivity contribution in [1.29, 1.82) is 0 Å². The van der Waals surface area contributed by atoms with Gasteiger partial charge in [-0.3, -0.25) is 19.4 Å². The lowest BCUT2D eigenvalue weighted by Gasteiger charge is -2.38. The molecule has 1 amide bonds. The zero-order valence-corrected chi connectivity index (χ0v) is 21.0. The summed E-state index contributed by atoms with van der Waals surface area (Å²) in [5.74, 6) is 0.120. The number of alkyl halides is 3. The van der Waals surface area contributed by atoms with Gasteiger partial charge < -0.3 is 10.2 Å². The van der Waals surface area contributed by atoms with Gasteiger partial charge in [-0.05, 0) is 49.4 Å². The highest BCUT2D eigenvalue weighted by molar-refractivity contribution is 7.59. The molecule has 35 heavy (non-hydrogen) atoms. The van der Waals surface area contributed by atoms with Gasteiger partial charge in [0.2, 0.25) is 5.91 Å². The van der Waals surface area contributed by atoms with Gasteiger partial charge in [0.05, 0.1) is 41.1 Å². The number of fused-ring (bicyclic) bond motifs is 1. The highest BCUT2D eigenvalue weighted by Crippen LogP contribution is 2.36. The Bertz CT molecular complexity index is 1210. The predicted octanol–water partition coefficient (Wildman–Crippen LogP) is 4.36. The number of halogens is 3. The van der Waals surface area contributed by atoms with Crippen LogP contribution in [0.4, 0.5) is 24.5 Å². The highest BCUT2D eigenvalue weighted by Gasteiger charge is 2.35. The quantitative estimate of drug-likeness (QED) is 0.538. The lowest BCUT2D eigenvalue weighted by Crippen LogP contribution is -2.49. The molecule has 4 heterocycles. The van der Waals surface area contributed by atoms with Crippen LogP contribution in [0.25, 0.3) is 0 Å². The van der Waals surface area contributed by atoms with Gasteiger partial charge in [0.25, 0.3) is 0 Å². The smallest absolute Gasteiger partial charge is 0.361 e. The van der Waals surface area contributed by atoms with Crippen LogP contribution in [-0.4, -0.2) is 38.7 Å². The summed E-state index contributed by atoms with van der Waals surface area (Å²) in [7, 11) is 1.92. The molecule has 11 heteroatoms. The molecule has 0 saturated heterocycles. The Kier molecular flexibility index (Phi) is 7.78. The molecule has 188 valence electrons. The Labute approximate surface area is 209 Å². The lowest BCUT2D eigenvalue weighted by atomic mass is 9.97. The molecular formula is C24H29F3N6OS. The van der Waals surface area contributed by atoms with Gasteiger partial charge >= 0.3 is 6.18 Å². The molecule has 0 bridgehead atoms. The van der Waals surface area contributed by atoms with Gasteiger partial charge in [-0.25, -0.2) is 0 Å². The van der Waals surface area contributed by atoms with Crippen LogP contribution in [0.2, 0.25) is 0 Å². The summed E-state index contributed by atoms with van der Waals surface area (Å²) in [6, 6.07) is 4.04. The van der Waals surface area contributed by atoms with Gasteiger partial charge in [0.15, 0.2) is 0 Å². The number of aryl methyl sites for hydroxylation is 3. The maximum atomic E-state index is 13.2. The molecule has 0 aromatic carbocycles. The molecule has 0 spiro atoms. The summed E-state index contributed by atoms with van der Waals surface area (Å²) >= 11 is 0. The first kappa shape index (κ1) is 26.5. The van der Waals surface area contributed by atoms with Gasteiger partial charge in [0.1, 0.15) is 6.04 Å². The first-order chi connectivity index (χ1) is 16.0. The average molecular weight is 507 g/mol. The van der Waals surface area contributed by atoms with Crippen LogP contribution < -0.4 is 10.2 Å². The molecule has 0 saturated carbocycles. The molecule has 0 radical (unpaired) electrons. The molecule has 3 aromatic rings. The number of nitrogens with zero attached hydrogens (tertiary/aromatic N) is 5. The molecule has 3 aromatic heterocycles. The van der Waals surface area contributed by atoms with Crippen molar-refractivity contribution >= 4 is 30.8 Å². The largest absolute Gasteiger partial charge is 0.418 e. The number of likely N-dealkylation sites (N-methyl/N-ethyl adjacent to an activating group) is 1. The normalized spacial score (nSPS) is 15.6. The second kappa shape index (κ2) is 10.3. The van der Waals surface area contributed by atoms with E-state index in [1.54, 1.807) is 12.4 Å². The number of carbonyl (C=O) groups excluding carboxylic acids is 1. The number of amides is 1. The monoisotopic (exact) mass is 506 g/mol. The SMILES string of the molecule is Cc1nc(CCc2cnn(Cc3ncccc3C(F)(F)F)c2)cc2c1NC(=O)[C@H](C(C)C)N2C.S. The minimum Gasteiger partial charge on any atom is -0.361 e. The predicted molar refractivity (Wildman–Crippen MR) is 133 cm³/mol. The second-order valence-electron chi connectivity index (χ2n) is 8.92. The van der Waals surface area contributed by atoms with E-state index in [4.69, 9.17) is 0 Å². The highest BCUT2D eigenvalue weighted by atomic mass is 32.1. The molecule has 7 nitrogen and oxygen atoms in total. The topological polar surface area (TPSA) is 75.9 Å². The van der Waals surface area contributed by atoms with E-state index < -0.39 is 11.7 Å². The standard InChI is InChI=1S/C24H27F3N6O.H2S/c1-14(2)22-23(34)31-21-15(3)30-17(10-20(21)32(22)4)8-7-16-11-29-33(12-16)13-19-18(24(25,26)27)6-5-9-28-19;/h5-6,9-12,14,22H,7-8,13H2,1-4H3,(H,31,34);1H2/t22-;/m0./s1. The summed E-state index contributed by atoms with van der Waals surface area (Å²) < 4.78 is 41.2. The van der Waals surface area contributed by atoms with Crippen LogP contribution in [0.1, 0.15) is 42.1 Å². The van der Waals surface area contributed by atoms with Crippen LogP contribution in [0.3, 0.4) is 0 Å². The van der Waals surface area contributed by atoms with Gasteiger partial charge in [-0.1, -0.05) is 13.8 Å². The molecule has 1 N–H and O–H groups in total. The molecule has 0 aliphatic carbocycles. The first-order valence-electron chi connectivity index (χ1n) is 11.1. The van der Waals surface area contributed by atoms with E-state index in [-0.39, 0.29) is 43.6 Å². The maximum absolute atomic E-state index is 13.2. The first-order valence-corrected chi connectivity index (χ1v) is 11.1. The van der Waals surface area contributed by atoms with E-state index in [1.807, 2.05) is 38.8 Å². The summed E-state index contributed by atoms with van der Waals surface area (Å²) in [6.07, 6.45) is 1.54. The third kappa shape index (κ3) is 5.61. The van der Waals surface area contributed by atoms with E-state index in [2.05, 4.69) is 20.4 Å². The molecule has 4 rings (SSSR count). The van der Waals surface area contributed by atoms with E-state index in [1.165, 1.54) is 16.9 Å². The van der Waals surface area contributed by atoms with E-state index >= 15 is 0 Å². The minimum absolute atomic E-state index is 0. The number of anilines is 2. The second-order valence-corrected chi connectivity index (χ2v) is 8.92. The van der Waals surface area contributed by atoms with E-state index in [0.717, 1.165) is 34.4 Å². The Morgan fingerprint density at radius 3 is 2.66 bits per heavy atom. The zero-order valence-electron chi connectivity index (χ0n) is 20.0. The number of hydrogen-bond donors (Lipinski definition) is 1. The van der Waals surface area contributed by atoms with Crippen molar-refractivity contribution in [3.05, 3.63) is 65.0 Å². The number of nitrogens with one attached hydrogen (secondary N) is 1. The third-order valence-corrected chi connectivity index (χ3v) is 6.04. The lowest BCUT2D eigenvalue weighted by molar-refractivity contribution is -0.138. The van der Waals surface area contributed by atoms with Crippen molar-refractivity contribution in [3.63, 3.8) is 0 Å². The van der Waals surface area contributed by atoms with Crippen molar-refractivity contribution in [3.8, 4) is 0 Å². The molecular weight excluding hydrogens is 477 g/mol. The fraction of sp³-hybridized carbons (Fsp3) is 0.417. The average Bonchev–Trinajstić information content (AvgIpc) is 3.20. The third-order valence-electron chi connectivity index (χ3n) is 6.04. The van der Waals surface area contributed by atoms with Crippen LogP contribution in [0.15, 0.2) is 36.8 Å². The fourth-order valence-electron chi connectivity index (χ4n) is 4.42. The Morgan fingerprint density at radius 2 is 1.97 bits per heavy atom. The van der Waals surface area contributed by atoms with Gasteiger partial charge in [-0.15, -0.1) is 0 Å². The number of carbonyl (C=O) groups is 1. The number of aromatic nitrogens is 4. The summed E-state index contributed by atoms with van der Waals surface area (Å²) in [4.78, 5) is 23.1. The molecule has 1 aliphatic rings. The number of hydrogen-bond acceptors (Lipinski definition) is 5. The maximum Gasteiger partial charge on any atom is 0.418 e. The van der Waals surface area contributed by atoms with Crippen molar-refractivity contribution in [2.24, 2.45) is 5.92 Å². The molecule has 1 atom stereocenters. The van der Waals surface area contributed by atoms with Crippen LogP contribution in [0, 0.1) is 12.8 Å². The summed E-state index contributed by atoms with van der Waals surface area (Å²) in [5.41, 5.74) is 3.36. The van der Waals surface area contributed by atoms with Crippen LogP contribution in [0.5, 0.6) is 0 Å². The van der Waals surface area contributed by atoms with Crippen molar-refractivity contribution in [2.75, 3.05) is 17.3 Å². The minimum atomic E-state index is -4.46. The van der Waals surface area contributed by atoms with Gasteiger partial charge in [-0.2, -0.15) is 31.8 Å². The molecule has 1 aliphatic heterocycles. The van der Waals surface area contributed by atoms with Crippen molar-refractivity contribution in [1.82, 2.24) is 19.7 Å². The summed E-state index contributed by atoms with van der Waals surface area (Å²) in [5, 5.41) is 7.21. The van der Waals surface area contributed by atoms with E-state index in [9.17, 15) is 18.0 Å². The van der Waals surface area contributed by atoms with Crippen LogP contribution >= 0.6 is 13.5 Å². The zero-order chi connectivity index (χ0) is 24.6. The van der Waals surface area contributed by atoms with Crippen molar-refractivity contribution in [2.45, 2.75) is 52.4 Å². The number of rotatable bonds is 6. The van der Waals surface area contributed by atoms with Crippen molar-refractivity contribution < 1.29 is 18.0 Å². The molecule has 0 unspecified atom stereocenters. The number of pyridine rings is 2. The van der Waals surface area contributed by atoms with Gasteiger partial charge in [0, 0.05) is 25.1 Å². The summed E-state index contributed by atoms with van der Waals surface area (Å²) in [6.45, 7) is 5.84. The Balaban J connectivity index is 0.00000342. The fourth-order valence-corrected chi connectivity index (χ4v) is 4.42.